The van der Waals surface area contributed by atoms with E-state index in [0.717, 1.165) is 18.7 Å². The molecule has 0 N–H and O–H groups in total. The van der Waals surface area contributed by atoms with Crippen molar-refractivity contribution in [2.24, 2.45) is 0 Å². The number of nitrogens with zero attached hydrogens (tertiary/aromatic N) is 3. The predicted molar refractivity (Wildman–Crippen MR) is 86.6 cm³/mol. The molecule has 0 atom stereocenters. The van der Waals surface area contributed by atoms with E-state index in [1.54, 1.807) is 30.7 Å². The third-order valence-corrected chi connectivity index (χ3v) is 3.99. The average molecular weight is 313 g/mol. The lowest BCUT2D eigenvalue weighted by molar-refractivity contribution is 0.104. The number of benzene rings is 1. The summed E-state index contributed by atoms with van der Waals surface area (Å²) in [5.74, 6) is -0.341. The molecule has 120 valence electrons. The second-order valence-electron chi connectivity index (χ2n) is 5.83. The number of piperidine rings is 1. The normalized spacial score (nSPS) is 15.3. The molecule has 0 radical (unpaired) electrons. The lowest BCUT2D eigenvalue weighted by atomic mass is 10.1. The van der Waals surface area contributed by atoms with Gasteiger partial charge in [0, 0.05) is 38.1 Å². The summed E-state index contributed by atoms with van der Waals surface area (Å²) in [6, 6.07) is 6.32. The van der Waals surface area contributed by atoms with Crippen molar-refractivity contribution in [1.82, 2.24) is 14.5 Å². The van der Waals surface area contributed by atoms with Gasteiger partial charge in [-0.05, 0) is 37.0 Å². The van der Waals surface area contributed by atoms with Crippen LogP contribution in [-0.2, 0) is 6.54 Å². The largest absolute Gasteiger partial charge is 0.377 e. The monoisotopic (exact) mass is 313 g/mol. The number of imidazole rings is 1. The van der Waals surface area contributed by atoms with Crippen LogP contribution in [0.4, 0.5) is 4.39 Å². The van der Waals surface area contributed by atoms with Crippen LogP contribution < -0.4 is 0 Å². The zero-order chi connectivity index (χ0) is 16.1. The smallest absolute Gasteiger partial charge is 0.207 e. The van der Waals surface area contributed by atoms with Crippen molar-refractivity contribution < 1.29 is 9.18 Å². The maximum absolute atomic E-state index is 12.9. The number of likely N-dealkylation sites (tertiary alicyclic amines) is 1. The van der Waals surface area contributed by atoms with Gasteiger partial charge in [0.05, 0.1) is 6.33 Å². The topological polar surface area (TPSA) is 38.1 Å². The Balaban J connectivity index is 1.60. The number of halogens is 1. The van der Waals surface area contributed by atoms with E-state index < -0.39 is 0 Å². The summed E-state index contributed by atoms with van der Waals surface area (Å²) in [5.41, 5.74) is 1.40. The van der Waals surface area contributed by atoms with Crippen molar-refractivity contribution >= 4 is 5.78 Å². The Labute approximate surface area is 135 Å². The highest BCUT2D eigenvalue weighted by molar-refractivity contribution is 6.02. The molecule has 1 aromatic heterocycles. The molecule has 2 heterocycles. The van der Waals surface area contributed by atoms with Crippen molar-refractivity contribution in [3.8, 4) is 0 Å². The molecule has 1 aliphatic heterocycles. The maximum Gasteiger partial charge on any atom is 0.207 e. The van der Waals surface area contributed by atoms with Crippen LogP contribution in [-0.4, -0.2) is 33.3 Å². The van der Waals surface area contributed by atoms with Crippen molar-refractivity contribution in [3.05, 3.63) is 66.1 Å². The van der Waals surface area contributed by atoms with Crippen LogP contribution >= 0.6 is 0 Å². The molecule has 4 nitrogen and oxygen atoms in total. The highest BCUT2D eigenvalue weighted by atomic mass is 19.1. The van der Waals surface area contributed by atoms with E-state index in [0.29, 0.717) is 12.2 Å². The molecule has 0 unspecified atom stereocenters. The van der Waals surface area contributed by atoms with Crippen LogP contribution in [0.15, 0.2) is 49.1 Å². The molecule has 23 heavy (non-hydrogen) atoms. The Kier molecular flexibility index (Phi) is 4.86. The maximum atomic E-state index is 12.9. The first kappa shape index (κ1) is 15.5. The second kappa shape index (κ2) is 7.22. The van der Waals surface area contributed by atoms with Gasteiger partial charge in [-0.2, -0.15) is 0 Å². The van der Waals surface area contributed by atoms with E-state index >= 15 is 0 Å². The van der Waals surface area contributed by atoms with Crippen molar-refractivity contribution in [2.45, 2.75) is 25.8 Å². The zero-order valence-corrected chi connectivity index (χ0v) is 13.0. The Hall–Kier alpha value is -2.43. The van der Waals surface area contributed by atoms with Crippen LogP contribution in [0.25, 0.3) is 0 Å². The minimum atomic E-state index is -0.252. The summed E-state index contributed by atoms with van der Waals surface area (Å²) >= 11 is 0. The highest BCUT2D eigenvalue weighted by Crippen LogP contribution is 2.10. The number of carbonyl (C=O) groups is 1. The quantitative estimate of drug-likeness (QED) is 0.628. The highest BCUT2D eigenvalue weighted by Gasteiger charge is 2.09. The minimum absolute atomic E-state index is 0.0894. The average Bonchev–Trinajstić information content (AvgIpc) is 3.04. The van der Waals surface area contributed by atoms with E-state index in [9.17, 15) is 9.18 Å². The number of ketones is 1. The van der Waals surface area contributed by atoms with E-state index in [4.69, 9.17) is 0 Å². The van der Waals surface area contributed by atoms with E-state index in [-0.39, 0.29) is 11.6 Å². The summed E-state index contributed by atoms with van der Waals surface area (Å²) in [5, 5.41) is 0. The predicted octanol–water partition coefficient (Wildman–Crippen LogP) is 3.25. The van der Waals surface area contributed by atoms with Crippen LogP contribution in [0.1, 0.15) is 35.3 Å². The second-order valence-corrected chi connectivity index (χ2v) is 5.83. The number of rotatable bonds is 5. The first-order chi connectivity index (χ1) is 11.2. The fourth-order valence-electron chi connectivity index (χ4n) is 2.70. The molecule has 0 saturated carbocycles. The van der Waals surface area contributed by atoms with Gasteiger partial charge in [0.1, 0.15) is 11.5 Å². The van der Waals surface area contributed by atoms with Gasteiger partial charge in [-0.15, -0.1) is 0 Å². The minimum Gasteiger partial charge on any atom is -0.377 e. The van der Waals surface area contributed by atoms with Crippen molar-refractivity contribution in [2.75, 3.05) is 13.1 Å². The fourth-order valence-corrected chi connectivity index (χ4v) is 2.70. The van der Waals surface area contributed by atoms with Crippen molar-refractivity contribution in [3.63, 3.8) is 0 Å². The number of hydrogen-bond acceptors (Lipinski definition) is 3. The number of allylic oxidation sites excluding steroid dienone is 1. The molecule has 0 bridgehead atoms. The fraction of sp³-hybridized carbons (Fsp3) is 0.333. The van der Waals surface area contributed by atoms with E-state index in [1.807, 2.05) is 10.8 Å². The van der Waals surface area contributed by atoms with Gasteiger partial charge >= 0.3 is 0 Å². The first-order valence-corrected chi connectivity index (χ1v) is 7.93. The molecule has 0 spiro atoms. The molecule has 2 aromatic rings. The Bertz CT molecular complexity index is 685. The standard InChI is InChI=1S/C18H20FN3O/c19-16-6-4-15(5-7-16)12-22-13-17(20-14-22)18(23)8-11-21-9-2-1-3-10-21/h4-8,11,13-14H,1-3,9-10,12H2. The number of aromatic nitrogens is 2. The van der Waals surface area contributed by atoms with Gasteiger partial charge in [0.2, 0.25) is 5.78 Å². The Morgan fingerprint density at radius 3 is 2.65 bits per heavy atom. The van der Waals surface area contributed by atoms with Crippen LogP contribution in [0.5, 0.6) is 0 Å². The third kappa shape index (κ3) is 4.28. The molecule has 5 heteroatoms. The summed E-state index contributed by atoms with van der Waals surface area (Å²) in [6.07, 6.45) is 10.5. The van der Waals surface area contributed by atoms with E-state index in [1.165, 1.54) is 31.4 Å². The van der Waals surface area contributed by atoms with Crippen LogP contribution in [0.2, 0.25) is 0 Å². The Morgan fingerprint density at radius 2 is 1.91 bits per heavy atom. The van der Waals surface area contributed by atoms with E-state index in [2.05, 4.69) is 9.88 Å². The molecule has 3 rings (SSSR count). The van der Waals surface area contributed by atoms with Gasteiger partial charge in [-0.25, -0.2) is 9.37 Å². The van der Waals surface area contributed by atoms with Crippen molar-refractivity contribution in [1.29, 1.82) is 0 Å². The first-order valence-electron chi connectivity index (χ1n) is 7.93. The molecular weight excluding hydrogens is 293 g/mol. The Morgan fingerprint density at radius 1 is 1.17 bits per heavy atom. The molecule has 1 aliphatic rings. The zero-order valence-electron chi connectivity index (χ0n) is 13.0. The molecule has 0 amide bonds. The van der Waals surface area contributed by atoms with Gasteiger partial charge in [0.25, 0.3) is 0 Å². The summed E-state index contributed by atoms with van der Waals surface area (Å²) in [7, 11) is 0. The molecular formula is C18H20FN3O. The van der Waals surface area contributed by atoms with Gasteiger partial charge in [-0.1, -0.05) is 12.1 Å². The van der Waals surface area contributed by atoms with Crippen LogP contribution in [0.3, 0.4) is 0 Å². The summed E-state index contributed by atoms with van der Waals surface area (Å²) in [6.45, 7) is 2.60. The third-order valence-electron chi connectivity index (χ3n) is 3.99. The van der Waals surface area contributed by atoms with Gasteiger partial charge in [-0.3, -0.25) is 4.79 Å². The van der Waals surface area contributed by atoms with Gasteiger partial charge < -0.3 is 9.47 Å². The summed E-state index contributed by atoms with van der Waals surface area (Å²) in [4.78, 5) is 18.5. The number of carbonyl (C=O) groups excluding carboxylic acids is 1. The summed E-state index contributed by atoms with van der Waals surface area (Å²) < 4.78 is 14.7. The molecule has 1 fully saturated rings. The number of hydrogen-bond donors (Lipinski definition) is 0. The lowest BCUT2D eigenvalue weighted by Crippen LogP contribution is -2.24. The van der Waals surface area contributed by atoms with Gasteiger partial charge in [0.15, 0.2) is 0 Å². The molecule has 1 aromatic carbocycles. The molecule has 1 saturated heterocycles. The SMILES string of the molecule is O=C(C=CN1CCCCC1)c1cn(Cc2ccc(F)cc2)cn1. The van der Waals surface area contributed by atoms with Crippen LogP contribution in [0, 0.1) is 5.82 Å². The molecule has 0 aliphatic carbocycles. The lowest BCUT2D eigenvalue weighted by Gasteiger charge is -2.24.